The number of aromatic nitrogens is 2. The van der Waals surface area contributed by atoms with Gasteiger partial charge in [0.25, 0.3) is 0 Å². The van der Waals surface area contributed by atoms with Crippen molar-refractivity contribution in [2.24, 2.45) is 0 Å². The first-order valence-corrected chi connectivity index (χ1v) is 12.4. The zero-order chi connectivity index (χ0) is 20.6. The first-order chi connectivity index (χ1) is 14.8. The Morgan fingerprint density at radius 3 is 2.63 bits per heavy atom. The first kappa shape index (κ1) is 21.6. The highest BCUT2D eigenvalue weighted by molar-refractivity contribution is 7.99. The quantitative estimate of drug-likeness (QED) is 0.436. The predicted molar refractivity (Wildman–Crippen MR) is 123 cm³/mol. The Labute approximate surface area is 185 Å². The van der Waals surface area contributed by atoms with E-state index in [0.717, 1.165) is 42.8 Å². The summed E-state index contributed by atoms with van der Waals surface area (Å²) < 4.78 is 5.56. The van der Waals surface area contributed by atoms with Crippen LogP contribution in [-0.4, -0.2) is 64.9 Å². The molecule has 5 nitrogen and oxygen atoms in total. The highest BCUT2D eigenvalue weighted by Gasteiger charge is 2.23. The molecule has 0 aliphatic carbocycles. The molecule has 2 aliphatic heterocycles. The Hall–Kier alpha value is -1.63. The fourth-order valence-corrected chi connectivity index (χ4v) is 5.32. The van der Waals surface area contributed by atoms with E-state index in [2.05, 4.69) is 45.1 Å². The molecular formula is C24H34N4OS. The van der Waals surface area contributed by atoms with Crippen LogP contribution in [0.25, 0.3) is 0 Å². The Balaban J connectivity index is 1.30. The molecule has 0 spiro atoms. The largest absolute Gasteiger partial charge is 0.494 e. The van der Waals surface area contributed by atoms with E-state index in [9.17, 15) is 0 Å². The van der Waals surface area contributed by atoms with E-state index < -0.39 is 0 Å². The van der Waals surface area contributed by atoms with E-state index in [1.807, 2.05) is 13.1 Å². The molecule has 2 aromatic rings. The van der Waals surface area contributed by atoms with Gasteiger partial charge >= 0.3 is 0 Å². The number of benzene rings is 1. The number of hydrogen-bond acceptors (Lipinski definition) is 6. The minimum absolute atomic E-state index is 0.502. The van der Waals surface area contributed by atoms with Gasteiger partial charge in [-0.2, -0.15) is 0 Å². The van der Waals surface area contributed by atoms with E-state index in [0.29, 0.717) is 12.5 Å². The van der Waals surface area contributed by atoms with E-state index in [4.69, 9.17) is 9.72 Å². The summed E-state index contributed by atoms with van der Waals surface area (Å²) in [6.45, 7) is 9.62. The summed E-state index contributed by atoms with van der Waals surface area (Å²) in [5, 5.41) is 0.940. The van der Waals surface area contributed by atoms with E-state index in [1.165, 1.54) is 50.0 Å². The molecule has 2 aliphatic rings. The van der Waals surface area contributed by atoms with Crippen molar-refractivity contribution >= 4 is 11.8 Å². The molecule has 162 valence electrons. The Bertz CT molecular complexity index is 779. The van der Waals surface area contributed by atoms with Gasteiger partial charge in [-0.3, -0.25) is 4.90 Å². The van der Waals surface area contributed by atoms with Gasteiger partial charge in [-0.1, -0.05) is 23.9 Å². The molecule has 1 aromatic heterocycles. The summed E-state index contributed by atoms with van der Waals surface area (Å²) in [6, 6.07) is 10.7. The van der Waals surface area contributed by atoms with E-state index in [1.54, 1.807) is 11.8 Å². The maximum atomic E-state index is 5.56. The predicted octanol–water partition coefficient (Wildman–Crippen LogP) is 4.44. The fourth-order valence-electron chi connectivity index (χ4n) is 4.48. The maximum absolute atomic E-state index is 5.56. The van der Waals surface area contributed by atoms with Gasteiger partial charge in [-0.15, -0.1) is 0 Å². The van der Waals surface area contributed by atoms with Crippen LogP contribution >= 0.6 is 11.8 Å². The summed E-state index contributed by atoms with van der Waals surface area (Å²) in [6.07, 6.45) is 7.10. The molecule has 6 heteroatoms. The van der Waals surface area contributed by atoms with E-state index in [-0.39, 0.29) is 0 Å². The molecule has 4 rings (SSSR count). The minimum atomic E-state index is 0.502. The average molecular weight is 427 g/mol. The lowest BCUT2D eigenvalue weighted by atomic mass is 9.94. The molecular weight excluding hydrogens is 392 g/mol. The molecule has 1 atom stereocenters. The number of rotatable bonds is 9. The molecule has 1 aromatic carbocycles. The van der Waals surface area contributed by atoms with Gasteiger partial charge in [-0.05, 0) is 76.0 Å². The second kappa shape index (κ2) is 11.1. The van der Waals surface area contributed by atoms with Crippen molar-refractivity contribution in [2.45, 2.75) is 50.2 Å². The van der Waals surface area contributed by atoms with Gasteiger partial charge < -0.3 is 9.64 Å². The van der Waals surface area contributed by atoms with Crippen molar-refractivity contribution in [3.63, 3.8) is 0 Å². The van der Waals surface area contributed by atoms with Gasteiger partial charge in [0.1, 0.15) is 5.75 Å². The van der Waals surface area contributed by atoms with Crippen LogP contribution in [0.2, 0.25) is 0 Å². The molecule has 30 heavy (non-hydrogen) atoms. The standard InChI is InChI=1S/C24H34N4OS/c1-2-29-22-9-7-20(8-10-22)18-28-15-5-6-21(19-28)23-11-12-25-24(26-23)30-17-16-27-13-3-4-14-27/h7-12,21H,2-6,13-19H2,1H3/t21-/m0/s1. The van der Waals surface area contributed by atoms with Gasteiger partial charge in [0.2, 0.25) is 0 Å². The molecule has 0 unspecified atom stereocenters. The summed E-state index contributed by atoms with van der Waals surface area (Å²) >= 11 is 1.80. The number of piperidine rings is 1. The zero-order valence-electron chi connectivity index (χ0n) is 18.1. The SMILES string of the molecule is CCOc1ccc(CN2CCC[C@H](c3ccnc(SCCN4CCCC4)n3)C2)cc1. The summed E-state index contributed by atoms with van der Waals surface area (Å²) in [5.41, 5.74) is 2.56. The zero-order valence-corrected chi connectivity index (χ0v) is 18.9. The van der Waals surface area contributed by atoms with Crippen molar-refractivity contribution in [2.75, 3.05) is 45.1 Å². The Morgan fingerprint density at radius 1 is 1.03 bits per heavy atom. The second-order valence-electron chi connectivity index (χ2n) is 8.31. The minimum Gasteiger partial charge on any atom is -0.494 e. The fraction of sp³-hybridized carbons (Fsp3) is 0.583. The second-order valence-corrected chi connectivity index (χ2v) is 9.37. The van der Waals surface area contributed by atoms with Crippen LogP contribution in [-0.2, 0) is 6.54 Å². The summed E-state index contributed by atoms with van der Waals surface area (Å²) in [7, 11) is 0. The highest BCUT2D eigenvalue weighted by atomic mass is 32.2. The molecule has 0 N–H and O–H groups in total. The smallest absolute Gasteiger partial charge is 0.187 e. The van der Waals surface area contributed by atoms with Crippen LogP contribution in [0.4, 0.5) is 0 Å². The number of thioether (sulfide) groups is 1. The van der Waals surface area contributed by atoms with Gasteiger partial charge in [0.15, 0.2) is 5.16 Å². The average Bonchev–Trinajstić information content (AvgIpc) is 3.29. The van der Waals surface area contributed by atoms with Crippen LogP contribution in [0, 0.1) is 0 Å². The lowest BCUT2D eigenvalue weighted by molar-refractivity contribution is 0.198. The molecule has 2 fully saturated rings. The summed E-state index contributed by atoms with van der Waals surface area (Å²) in [5.74, 6) is 2.54. The van der Waals surface area contributed by atoms with Crippen molar-refractivity contribution in [3.05, 3.63) is 47.8 Å². The van der Waals surface area contributed by atoms with Crippen LogP contribution < -0.4 is 4.74 Å². The van der Waals surface area contributed by atoms with E-state index >= 15 is 0 Å². The molecule has 0 saturated carbocycles. The van der Waals surface area contributed by atoms with Crippen molar-refractivity contribution in [3.8, 4) is 5.75 Å². The molecule has 0 amide bonds. The van der Waals surface area contributed by atoms with Crippen LogP contribution in [0.15, 0.2) is 41.7 Å². The monoisotopic (exact) mass is 426 g/mol. The van der Waals surface area contributed by atoms with Crippen LogP contribution in [0.3, 0.4) is 0 Å². The third kappa shape index (κ3) is 6.19. The molecule has 2 saturated heterocycles. The van der Waals surface area contributed by atoms with Crippen molar-refractivity contribution in [1.29, 1.82) is 0 Å². The molecule has 0 radical (unpaired) electrons. The van der Waals surface area contributed by atoms with Crippen molar-refractivity contribution < 1.29 is 4.74 Å². The van der Waals surface area contributed by atoms with Gasteiger partial charge in [-0.25, -0.2) is 9.97 Å². The molecule has 0 bridgehead atoms. The number of hydrogen-bond donors (Lipinski definition) is 0. The normalized spacial score (nSPS) is 20.5. The van der Waals surface area contributed by atoms with Gasteiger partial charge in [0.05, 0.1) is 6.61 Å². The van der Waals surface area contributed by atoms with Crippen LogP contribution in [0.5, 0.6) is 5.75 Å². The molecule has 3 heterocycles. The third-order valence-corrected chi connectivity index (χ3v) is 6.90. The third-order valence-electron chi connectivity index (χ3n) is 6.06. The van der Waals surface area contributed by atoms with Gasteiger partial charge in [0, 0.05) is 43.2 Å². The number of nitrogens with zero attached hydrogens (tertiary/aromatic N) is 4. The Kier molecular flexibility index (Phi) is 8.01. The number of ether oxygens (including phenoxy) is 1. The first-order valence-electron chi connectivity index (χ1n) is 11.4. The highest BCUT2D eigenvalue weighted by Crippen LogP contribution is 2.28. The number of likely N-dealkylation sites (tertiary alicyclic amines) is 2. The topological polar surface area (TPSA) is 41.5 Å². The summed E-state index contributed by atoms with van der Waals surface area (Å²) in [4.78, 5) is 14.6. The lowest BCUT2D eigenvalue weighted by Gasteiger charge is -2.32. The van der Waals surface area contributed by atoms with Crippen LogP contribution in [0.1, 0.15) is 49.8 Å². The Morgan fingerprint density at radius 2 is 1.83 bits per heavy atom. The maximum Gasteiger partial charge on any atom is 0.187 e. The lowest BCUT2D eigenvalue weighted by Crippen LogP contribution is -2.34. The van der Waals surface area contributed by atoms with Crippen molar-refractivity contribution in [1.82, 2.24) is 19.8 Å².